The lowest BCUT2D eigenvalue weighted by atomic mass is 10.1. The summed E-state index contributed by atoms with van der Waals surface area (Å²) in [6.45, 7) is 7.07. The minimum Gasteiger partial charge on any atom is -0.371 e. The Hall–Kier alpha value is -2.49. The molecular formula is C23H32N4. The third-order valence-electron chi connectivity index (χ3n) is 5.04. The fourth-order valence-corrected chi connectivity index (χ4v) is 3.56. The normalized spacial score (nSPS) is 17.1. The molecule has 0 bridgehead atoms. The first-order chi connectivity index (χ1) is 13.3. The van der Waals surface area contributed by atoms with Crippen LogP contribution in [0.5, 0.6) is 0 Å². The highest BCUT2D eigenvalue weighted by molar-refractivity contribution is 5.79. The quantitative estimate of drug-likeness (QED) is 0.426. The van der Waals surface area contributed by atoms with Crippen LogP contribution in [0.3, 0.4) is 0 Å². The van der Waals surface area contributed by atoms with E-state index >= 15 is 0 Å². The van der Waals surface area contributed by atoms with E-state index < -0.39 is 0 Å². The number of anilines is 1. The molecule has 1 atom stereocenters. The second-order valence-electron chi connectivity index (χ2n) is 7.17. The van der Waals surface area contributed by atoms with Gasteiger partial charge < -0.3 is 15.5 Å². The van der Waals surface area contributed by atoms with Crippen molar-refractivity contribution in [1.29, 1.82) is 0 Å². The van der Waals surface area contributed by atoms with Gasteiger partial charge in [-0.2, -0.15) is 0 Å². The molecule has 27 heavy (non-hydrogen) atoms. The largest absolute Gasteiger partial charge is 0.371 e. The van der Waals surface area contributed by atoms with Gasteiger partial charge in [-0.3, -0.25) is 4.99 Å². The van der Waals surface area contributed by atoms with E-state index in [9.17, 15) is 0 Å². The predicted molar refractivity (Wildman–Crippen MR) is 116 cm³/mol. The molecule has 0 spiro atoms. The Morgan fingerprint density at radius 2 is 1.78 bits per heavy atom. The number of benzene rings is 2. The Morgan fingerprint density at radius 1 is 1.04 bits per heavy atom. The molecule has 3 rings (SSSR count). The van der Waals surface area contributed by atoms with Crippen LogP contribution in [0.15, 0.2) is 65.7 Å². The maximum Gasteiger partial charge on any atom is 0.191 e. The molecule has 0 amide bonds. The fraction of sp³-hybridized carbons (Fsp3) is 0.435. The molecule has 1 heterocycles. The molecule has 4 nitrogen and oxygen atoms in total. The number of guanidine groups is 1. The van der Waals surface area contributed by atoms with E-state index in [0.717, 1.165) is 51.5 Å². The van der Waals surface area contributed by atoms with Gasteiger partial charge in [0.05, 0.1) is 0 Å². The van der Waals surface area contributed by atoms with Crippen molar-refractivity contribution in [2.24, 2.45) is 10.9 Å². The van der Waals surface area contributed by atoms with E-state index in [0.29, 0.717) is 5.92 Å². The summed E-state index contributed by atoms with van der Waals surface area (Å²) in [4.78, 5) is 7.31. The van der Waals surface area contributed by atoms with Crippen molar-refractivity contribution in [2.45, 2.75) is 26.2 Å². The van der Waals surface area contributed by atoms with Crippen LogP contribution in [0, 0.1) is 5.92 Å². The monoisotopic (exact) mass is 364 g/mol. The van der Waals surface area contributed by atoms with E-state index in [-0.39, 0.29) is 0 Å². The summed E-state index contributed by atoms with van der Waals surface area (Å²) in [5.74, 6) is 1.58. The van der Waals surface area contributed by atoms with Crippen molar-refractivity contribution < 1.29 is 0 Å². The Balaban J connectivity index is 1.42. The number of aryl methyl sites for hydroxylation is 1. The van der Waals surface area contributed by atoms with Crippen LogP contribution in [0.25, 0.3) is 0 Å². The number of aliphatic imine (C=N–C) groups is 1. The minimum atomic E-state index is 0.630. The lowest BCUT2D eigenvalue weighted by molar-refractivity contribution is 0.598. The molecule has 4 heteroatoms. The highest BCUT2D eigenvalue weighted by atomic mass is 15.2. The van der Waals surface area contributed by atoms with Crippen LogP contribution in [0.4, 0.5) is 5.69 Å². The second-order valence-corrected chi connectivity index (χ2v) is 7.17. The number of para-hydroxylation sites is 1. The summed E-state index contributed by atoms with van der Waals surface area (Å²) in [7, 11) is 0. The number of rotatable bonds is 8. The molecular weight excluding hydrogens is 332 g/mol. The van der Waals surface area contributed by atoms with Crippen LogP contribution in [-0.2, 0) is 6.42 Å². The summed E-state index contributed by atoms with van der Waals surface area (Å²) < 4.78 is 0. The topological polar surface area (TPSA) is 39.7 Å². The summed E-state index contributed by atoms with van der Waals surface area (Å²) in [6, 6.07) is 21.4. The smallest absolute Gasteiger partial charge is 0.191 e. The Bertz CT molecular complexity index is 684. The van der Waals surface area contributed by atoms with Crippen molar-refractivity contribution in [2.75, 3.05) is 37.6 Å². The first kappa shape index (κ1) is 19.3. The second kappa shape index (κ2) is 10.6. The van der Waals surface area contributed by atoms with Gasteiger partial charge in [-0.1, -0.05) is 48.5 Å². The highest BCUT2D eigenvalue weighted by Gasteiger charge is 2.22. The maximum atomic E-state index is 4.84. The van der Waals surface area contributed by atoms with Gasteiger partial charge in [0.25, 0.3) is 0 Å². The van der Waals surface area contributed by atoms with Gasteiger partial charge in [-0.25, -0.2) is 0 Å². The van der Waals surface area contributed by atoms with E-state index in [1.165, 1.54) is 17.7 Å². The van der Waals surface area contributed by atoms with E-state index in [4.69, 9.17) is 4.99 Å². The third-order valence-corrected chi connectivity index (χ3v) is 5.04. The molecule has 0 radical (unpaired) electrons. The molecule has 1 unspecified atom stereocenters. The molecule has 1 saturated heterocycles. The van der Waals surface area contributed by atoms with Crippen LogP contribution in [0.2, 0.25) is 0 Å². The van der Waals surface area contributed by atoms with Gasteiger partial charge in [0.15, 0.2) is 5.96 Å². The van der Waals surface area contributed by atoms with Gasteiger partial charge in [0.1, 0.15) is 0 Å². The molecule has 0 aliphatic carbocycles. The number of nitrogens with zero attached hydrogens (tertiary/aromatic N) is 2. The van der Waals surface area contributed by atoms with Crippen molar-refractivity contribution >= 4 is 11.6 Å². The lowest BCUT2D eigenvalue weighted by Gasteiger charge is -2.18. The van der Waals surface area contributed by atoms with E-state index in [1.54, 1.807) is 0 Å². The van der Waals surface area contributed by atoms with Gasteiger partial charge in [0, 0.05) is 38.4 Å². The van der Waals surface area contributed by atoms with Gasteiger partial charge in [0.2, 0.25) is 0 Å². The molecule has 2 N–H and O–H groups in total. The summed E-state index contributed by atoms with van der Waals surface area (Å²) >= 11 is 0. The molecule has 0 saturated carbocycles. The average molecular weight is 365 g/mol. The van der Waals surface area contributed by atoms with Crippen LogP contribution < -0.4 is 15.5 Å². The zero-order chi connectivity index (χ0) is 18.7. The van der Waals surface area contributed by atoms with E-state index in [1.807, 2.05) is 0 Å². The molecule has 1 fully saturated rings. The number of hydrogen-bond acceptors (Lipinski definition) is 2. The first-order valence-corrected chi connectivity index (χ1v) is 10.2. The lowest BCUT2D eigenvalue weighted by Crippen LogP contribution is -2.38. The zero-order valence-electron chi connectivity index (χ0n) is 16.4. The van der Waals surface area contributed by atoms with Crippen molar-refractivity contribution in [3.63, 3.8) is 0 Å². The van der Waals surface area contributed by atoms with Crippen LogP contribution in [0.1, 0.15) is 25.3 Å². The Kier molecular flexibility index (Phi) is 7.57. The third kappa shape index (κ3) is 6.31. The van der Waals surface area contributed by atoms with Crippen LogP contribution >= 0.6 is 0 Å². The molecule has 1 aliphatic rings. The van der Waals surface area contributed by atoms with Gasteiger partial charge in [-0.15, -0.1) is 0 Å². The van der Waals surface area contributed by atoms with Crippen molar-refractivity contribution in [1.82, 2.24) is 10.6 Å². The fourth-order valence-electron chi connectivity index (χ4n) is 3.56. The average Bonchev–Trinajstić information content (AvgIpc) is 3.20. The molecule has 2 aromatic rings. The Labute approximate surface area is 163 Å². The Morgan fingerprint density at radius 3 is 2.52 bits per heavy atom. The minimum absolute atomic E-state index is 0.630. The highest BCUT2D eigenvalue weighted by Crippen LogP contribution is 2.23. The summed E-state index contributed by atoms with van der Waals surface area (Å²) in [5, 5.41) is 6.86. The number of nitrogens with one attached hydrogen (secondary N) is 2. The molecule has 0 aromatic heterocycles. The van der Waals surface area contributed by atoms with Gasteiger partial charge >= 0.3 is 0 Å². The molecule has 1 aliphatic heterocycles. The predicted octanol–water partition coefficient (Wildman–Crippen LogP) is 3.70. The maximum absolute atomic E-state index is 4.84. The van der Waals surface area contributed by atoms with Crippen molar-refractivity contribution in [3.05, 3.63) is 66.2 Å². The van der Waals surface area contributed by atoms with Crippen LogP contribution in [-0.4, -0.2) is 38.7 Å². The first-order valence-electron chi connectivity index (χ1n) is 10.2. The number of hydrogen-bond donors (Lipinski definition) is 2. The summed E-state index contributed by atoms with van der Waals surface area (Å²) in [5.41, 5.74) is 2.73. The summed E-state index contributed by atoms with van der Waals surface area (Å²) in [6.07, 6.45) is 3.42. The standard InChI is InChI=1S/C23H32N4/c1-2-24-23(25-16-9-12-20-10-5-3-6-11-20)26-18-21-15-17-27(19-21)22-13-7-4-8-14-22/h3-8,10-11,13-14,21H,2,9,12,15-19H2,1H3,(H2,24,25,26). The molecule has 144 valence electrons. The zero-order valence-corrected chi connectivity index (χ0v) is 16.4. The van der Waals surface area contributed by atoms with Crippen molar-refractivity contribution in [3.8, 4) is 0 Å². The SMILES string of the molecule is CCNC(=NCC1CCN(c2ccccc2)C1)NCCCc1ccccc1. The van der Waals surface area contributed by atoms with Gasteiger partial charge in [-0.05, 0) is 49.8 Å². The van der Waals surface area contributed by atoms with E-state index in [2.05, 4.69) is 83.1 Å². The molecule has 2 aromatic carbocycles.